The number of pyridine rings is 1. The van der Waals surface area contributed by atoms with Crippen LogP contribution < -0.4 is 15.5 Å². The molecule has 1 fully saturated rings. The summed E-state index contributed by atoms with van der Waals surface area (Å²) in [5.74, 6) is 1.75. The molecule has 1 aliphatic heterocycles. The second-order valence-corrected chi connectivity index (χ2v) is 7.83. The maximum atomic E-state index is 5.48. The minimum Gasteiger partial charge on any atom is -0.378 e. The number of para-hydroxylation sites is 1. The van der Waals surface area contributed by atoms with E-state index in [0.29, 0.717) is 13.1 Å². The van der Waals surface area contributed by atoms with Crippen LogP contribution in [0.1, 0.15) is 22.5 Å². The van der Waals surface area contributed by atoms with Crippen molar-refractivity contribution in [1.29, 1.82) is 0 Å². The minimum absolute atomic E-state index is 0.636. The van der Waals surface area contributed by atoms with Crippen LogP contribution in [0.5, 0.6) is 0 Å². The molecule has 2 N–H and O–H groups in total. The fraction of sp³-hybridized carbons (Fsp3) is 0.375. The Labute approximate surface area is 189 Å². The zero-order valence-electron chi connectivity index (χ0n) is 19.0. The van der Waals surface area contributed by atoms with Crippen LogP contribution in [0.2, 0.25) is 0 Å². The Balaban J connectivity index is 1.42. The Kier molecular flexibility index (Phi) is 7.01. The average molecular weight is 434 g/mol. The third-order valence-corrected chi connectivity index (χ3v) is 5.52. The number of nitrogens with zero attached hydrogens (tertiary/aromatic N) is 5. The lowest BCUT2D eigenvalue weighted by Crippen LogP contribution is -2.39. The SMILES string of the molecule is CN=C(NCc1ccccc1-n1nc(C)cc1C)NCc1cccnc1N1CCOCC1. The molecule has 1 saturated heterocycles. The van der Waals surface area contributed by atoms with Gasteiger partial charge in [0.2, 0.25) is 0 Å². The second kappa shape index (κ2) is 10.3. The average Bonchev–Trinajstić information content (AvgIpc) is 3.17. The molecule has 0 saturated carbocycles. The molecule has 0 unspecified atom stereocenters. The van der Waals surface area contributed by atoms with Crippen molar-refractivity contribution in [3.8, 4) is 5.69 Å². The first-order valence-corrected chi connectivity index (χ1v) is 11.0. The Bertz CT molecular complexity index is 1070. The second-order valence-electron chi connectivity index (χ2n) is 7.83. The van der Waals surface area contributed by atoms with Gasteiger partial charge in [-0.3, -0.25) is 4.99 Å². The van der Waals surface area contributed by atoms with Crippen LogP contribution in [-0.2, 0) is 17.8 Å². The zero-order chi connectivity index (χ0) is 22.3. The highest BCUT2D eigenvalue weighted by Gasteiger charge is 2.16. The molecule has 168 valence electrons. The van der Waals surface area contributed by atoms with Crippen molar-refractivity contribution < 1.29 is 4.74 Å². The van der Waals surface area contributed by atoms with E-state index in [9.17, 15) is 0 Å². The summed E-state index contributed by atoms with van der Waals surface area (Å²) in [6.07, 6.45) is 1.84. The molecule has 0 spiro atoms. The molecule has 0 amide bonds. The molecule has 0 atom stereocenters. The van der Waals surface area contributed by atoms with E-state index in [1.54, 1.807) is 7.05 Å². The molecular weight excluding hydrogens is 402 g/mol. The van der Waals surface area contributed by atoms with Crippen LogP contribution in [0.3, 0.4) is 0 Å². The van der Waals surface area contributed by atoms with Gasteiger partial charge in [-0.2, -0.15) is 5.10 Å². The number of aryl methyl sites for hydroxylation is 2. The van der Waals surface area contributed by atoms with Crippen LogP contribution >= 0.6 is 0 Å². The molecule has 3 heterocycles. The van der Waals surface area contributed by atoms with E-state index in [2.05, 4.69) is 61.8 Å². The van der Waals surface area contributed by atoms with E-state index >= 15 is 0 Å². The number of guanidine groups is 1. The highest BCUT2D eigenvalue weighted by atomic mass is 16.5. The molecule has 32 heavy (non-hydrogen) atoms. The number of hydrogen-bond acceptors (Lipinski definition) is 5. The summed E-state index contributed by atoms with van der Waals surface area (Å²) in [6.45, 7) is 8.56. The molecule has 0 radical (unpaired) electrons. The zero-order valence-corrected chi connectivity index (χ0v) is 19.0. The Morgan fingerprint density at radius 1 is 1.03 bits per heavy atom. The van der Waals surface area contributed by atoms with Crippen molar-refractivity contribution in [2.24, 2.45) is 4.99 Å². The molecule has 3 aromatic rings. The van der Waals surface area contributed by atoms with Gasteiger partial charge in [0.05, 0.1) is 24.6 Å². The normalized spacial score (nSPS) is 14.5. The van der Waals surface area contributed by atoms with Crippen molar-refractivity contribution in [3.63, 3.8) is 0 Å². The number of anilines is 1. The van der Waals surface area contributed by atoms with E-state index in [4.69, 9.17) is 4.74 Å². The van der Waals surface area contributed by atoms with Crippen LogP contribution in [-0.4, -0.2) is 54.1 Å². The largest absolute Gasteiger partial charge is 0.378 e. The van der Waals surface area contributed by atoms with Gasteiger partial charge in [0.15, 0.2) is 5.96 Å². The van der Waals surface area contributed by atoms with Crippen LogP contribution in [0.15, 0.2) is 53.7 Å². The van der Waals surface area contributed by atoms with Gasteiger partial charge >= 0.3 is 0 Å². The van der Waals surface area contributed by atoms with Gasteiger partial charge in [-0.25, -0.2) is 9.67 Å². The topological polar surface area (TPSA) is 79.6 Å². The fourth-order valence-electron chi connectivity index (χ4n) is 3.95. The number of morpholine rings is 1. The highest BCUT2D eigenvalue weighted by Crippen LogP contribution is 2.19. The number of benzene rings is 1. The van der Waals surface area contributed by atoms with Gasteiger partial charge in [-0.1, -0.05) is 24.3 Å². The summed E-state index contributed by atoms with van der Waals surface area (Å²) < 4.78 is 7.47. The van der Waals surface area contributed by atoms with Crippen LogP contribution in [0.4, 0.5) is 5.82 Å². The Morgan fingerprint density at radius 3 is 2.47 bits per heavy atom. The number of nitrogens with one attached hydrogen (secondary N) is 2. The molecule has 0 aliphatic carbocycles. The van der Waals surface area contributed by atoms with E-state index < -0.39 is 0 Å². The Morgan fingerprint density at radius 2 is 1.75 bits per heavy atom. The fourth-order valence-corrected chi connectivity index (χ4v) is 3.95. The van der Waals surface area contributed by atoms with E-state index in [1.165, 1.54) is 0 Å². The van der Waals surface area contributed by atoms with E-state index in [1.807, 2.05) is 36.0 Å². The Hall–Kier alpha value is -3.39. The molecule has 8 heteroatoms. The summed E-state index contributed by atoms with van der Waals surface area (Å²) in [4.78, 5) is 11.3. The maximum Gasteiger partial charge on any atom is 0.191 e. The predicted molar refractivity (Wildman–Crippen MR) is 127 cm³/mol. The number of aromatic nitrogens is 3. The van der Waals surface area contributed by atoms with Crippen molar-refractivity contribution in [2.45, 2.75) is 26.9 Å². The molecular formula is C24H31N7O. The number of hydrogen-bond donors (Lipinski definition) is 2. The van der Waals surface area contributed by atoms with Crippen molar-refractivity contribution in [3.05, 3.63) is 71.2 Å². The summed E-state index contributed by atoms with van der Waals surface area (Å²) >= 11 is 0. The third kappa shape index (κ3) is 5.08. The molecule has 2 aromatic heterocycles. The highest BCUT2D eigenvalue weighted by molar-refractivity contribution is 5.79. The lowest BCUT2D eigenvalue weighted by atomic mass is 10.1. The number of aliphatic imine (C=N–C) groups is 1. The lowest BCUT2D eigenvalue weighted by Gasteiger charge is -2.29. The van der Waals surface area contributed by atoms with Gasteiger partial charge in [0, 0.05) is 50.7 Å². The summed E-state index contributed by atoms with van der Waals surface area (Å²) in [7, 11) is 1.79. The molecule has 1 aliphatic rings. The maximum absolute atomic E-state index is 5.48. The minimum atomic E-state index is 0.636. The number of ether oxygens (including phenoxy) is 1. The van der Waals surface area contributed by atoms with Gasteiger partial charge in [-0.15, -0.1) is 0 Å². The molecule has 1 aromatic carbocycles. The quantitative estimate of drug-likeness (QED) is 0.460. The third-order valence-electron chi connectivity index (χ3n) is 5.52. The van der Waals surface area contributed by atoms with E-state index in [0.717, 1.165) is 66.3 Å². The van der Waals surface area contributed by atoms with Gasteiger partial charge in [0.25, 0.3) is 0 Å². The van der Waals surface area contributed by atoms with Gasteiger partial charge in [0.1, 0.15) is 5.82 Å². The van der Waals surface area contributed by atoms with Crippen molar-refractivity contribution in [2.75, 3.05) is 38.3 Å². The lowest BCUT2D eigenvalue weighted by molar-refractivity contribution is 0.122. The molecule has 0 bridgehead atoms. The van der Waals surface area contributed by atoms with Crippen LogP contribution in [0, 0.1) is 13.8 Å². The first kappa shape index (κ1) is 21.8. The summed E-state index contributed by atoms with van der Waals surface area (Å²) in [6, 6.07) is 14.5. The first-order valence-electron chi connectivity index (χ1n) is 11.0. The summed E-state index contributed by atoms with van der Waals surface area (Å²) in [5.41, 5.74) is 5.49. The van der Waals surface area contributed by atoms with Gasteiger partial charge < -0.3 is 20.3 Å². The first-order chi connectivity index (χ1) is 15.7. The monoisotopic (exact) mass is 433 g/mol. The number of rotatable bonds is 6. The molecule has 4 rings (SSSR count). The van der Waals surface area contributed by atoms with E-state index in [-0.39, 0.29) is 0 Å². The van der Waals surface area contributed by atoms with Crippen LogP contribution in [0.25, 0.3) is 5.69 Å². The predicted octanol–water partition coefficient (Wildman–Crippen LogP) is 2.59. The summed E-state index contributed by atoms with van der Waals surface area (Å²) in [5, 5.41) is 11.5. The smallest absolute Gasteiger partial charge is 0.191 e. The van der Waals surface area contributed by atoms with Gasteiger partial charge in [-0.05, 0) is 37.6 Å². The molecule has 8 nitrogen and oxygen atoms in total. The van der Waals surface area contributed by atoms with Crippen molar-refractivity contribution in [1.82, 2.24) is 25.4 Å². The standard InChI is InChI=1S/C24H31N7O/c1-18-15-19(2)31(29-18)22-9-5-4-7-20(22)16-27-24(25-3)28-17-21-8-6-10-26-23(21)30-11-13-32-14-12-30/h4-10,15H,11-14,16-17H2,1-3H3,(H2,25,27,28). The van der Waals surface area contributed by atoms with Crippen molar-refractivity contribution >= 4 is 11.8 Å².